The molecule has 0 saturated carbocycles. The van der Waals surface area contributed by atoms with Gasteiger partial charge < -0.3 is 0 Å². The van der Waals surface area contributed by atoms with E-state index in [9.17, 15) is 4.39 Å². The summed E-state index contributed by atoms with van der Waals surface area (Å²) in [5, 5.41) is 10.7. The van der Waals surface area contributed by atoms with Gasteiger partial charge in [-0.2, -0.15) is 5.26 Å². The number of nitriles is 1. The number of thioether (sulfide) groups is 1. The van der Waals surface area contributed by atoms with Gasteiger partial charge in [-0.25, -0.2) is 4.39 Å². The number of rotatable bonds is 2. The average molecular weight is 343 g/mol. The van der Waals surface area contributed by atoms with E-state index < -0.39 is 0 Å². The molecule has 120 valence electrons. The highest BCUT2D eigenvalue weighted by atomic mass is 32.2. The lowest BCUT2D eigenvalue weighted by molar-refractivity contribution is 0.625. The molecular weight excluding hydrogens is 329 g/mol. The van der Waals surface area contributed by atoms with Gasteiger partial charge in [-0.05, 0) is 66.2 Å². The second-order valence-electron chi connectivity index (χ2n) is 5.53. The standard InChI is InChI=1S/C22H14FNS/c1-16-2-7-18(8-3-16)20-11-10-19(22(23)14-20)9-4-17-5-12-21(13-6-17)25-15-24/h2-3,5-8,10-14H,1H3. The Kier molecular flexibility index (Phi) is 5.19. The van der Waals surface area contributed by atoms with E-state index in [0.717, 1.165) is 33.3 Å². The first-order valence-corrected chi connectivity index (χ1v) is 8.52. The first-order chi connectivity index (χ1) is 12.2. The maximum Gasteiger partial charge on any atom is 0.139 e. The van der Waals surface area contributed by atoms with Crippen molar-refractivity contribution in [3.63, 3.8) is 0 Å². The van der Waals surface area contributed by atoms with Crippen molar-refractivity contribution in [3.05, 3.63) is 89.2 Å². The number of benzene rings is 3. The molecule has 0 radical (unpaired) electrons. The van der Waals surface area contributed by atoms with Gasteiger partial charge in [0.05, 0.1) is 5.56 Å². The summed E-state index contributed by atoms with van der Waals surface area (Å²) in [6.45, 7) is 2.02. The van der Waals surface area contributed by atoms with E-state index in [1.54, 1.807) is 6.07 Å². The monoisotopic (exact) mass is 343 g/mol. The molecule has 0 amide bonds. The zero-order chi connectivity index (χ0) is 17.6. The van der Waals surface area contributed by atoms with Crippen LogP contribution in [0.5, 0.6) is 0 Å². The van der Waals surface area contributed by atoms with Crippen molar-refractivity contribution >= 4 is 11.8 Å². The minimum absolute atomic E-state index is 0.331. The molecule has 25 heavy (non-hydrogen) atoms. The fourth-order valence-electron chi connectivity index (χ4n) is 2.34. The van der Waals surface area contributed by atoms with Gasteiger partial charge in [0.15, 0.2) is 0 Å². The molecule has 0 bridgehead atoms. The van der Waals surface area contributed by atoms with E-state index in [0.29, 0.717) is 5.56 Å². The van der Waals surface area contributed by atoms with Crippen molar-refractivity contribution in [1.29, 1.82) is 5.26 Å². The Bertz CT molecular complexity index is 987. The van der Waals surface area contributed by atoms with Gasteiger partial charge in [-0.3, -0.25) is 0 Å². The summed E-state index contributed by atoms with van der Waals surface area (Å²) in [5.41, 5.74) is 4.14. The third-order valence-electron chi connectivity index (χ3n) is 3.71. The molecule has 0 N–H and O–H groups in total. The number of aryl methyl sites for hydroxylation is 1. The minimum Gasteiger partial charge on any atom is -0.206 e. The molecule has 0 spiro atoms. The van der Waals surface area contributed by atoms with Crippen molar-refractivity contribution in [3.8, 4) is 28.4 Å². The van der Waals surface area contributed by atoms with Gasteiger partial charge in [0.25, 0.3) is 0 Å². The molecule has 3 heteroatoms. The molecule has 0 aromatic heterocycles. The number of thiocyanates is 1. The maximum atomic E-state index is 14.3. The smallest absolute Gasteiger partial charge is 0.139 e. The van der Waals surface area contributed by atoms with Crippen LogP contribution < -0.4 is 0 Å². The topological polar surface area (TPSA) is 23.8 Å². The van der Waals surface area contributed by atoms with Gasteiger partial charge in [-0.15, -0.1) is 0 Å². The number of hydrogen-bond acceptors (Lipinski definition) is 2. The average Bonchev–Trinajstić information content (AvgIpc) is 2.63. The van der Waals surface area contributed by atoms with E-state index in [1.165, 1.54) is 11.6 Å². The first-order valence-electron chi connectivity index (χ1n) is 7.70. The summed E-state index contributed by atoms with van der Waals surface area (Å²) in [4.78, 5) is 0.863. The van der Waals surface area contributed by atoms with Crippen molar-refractivity contribution in [2.45, 2.75) is 11.8 Å². The lowest BCUT2D eigenvalue weighted by Gasteiger charge is -2.03. The van der Waals surface area contributed by atoms with E-state index in [-0.39, 0.29) is 5.82 Å². The quantitative estimate of drug-likeness (QED) is 0.335. The predicted octanol–water partition coefficient (Wildman–Crippen LogP) is 5.77. The van der Waals surface area contributed by atoms with Crippen LogP contribution in [0.4, 0.5) is 4.39 Å². The van der Waals surface area contributed by atoms with E-state index >= 15 is 0 Å². The van der Waals surface area contributed by atoms with Crippen molar-refractivity contribution in [2.24, 2.45) is 0 Å². The lowest BCUT2D eigenvalue weighted by atomic mass is 10.0. The Balaban J connectivity index is 1.82. The number of hydrogen-bond donors (Lipinski definition) is 0. The largest absolute Gasteiger partial charge is 0.206 e. The summed E-state index contributed by atoms with van der Waals surface area (Å²) in [7, 11) is 0. The molecule has 1 nitrogen and oxygen atoms in total. The van der Waals surface area contributed by atoms with E-state index in [1.807, 2.05) is 66.9 Å². The Labute approximate surface area is 151 Å². The fourth-order valence-corrected chi connectivity index (χ4v) is 2.72. The van der Waals surface area contributed by atoms with Crippen molar-refractivity contribution in [1.82, 2.24) is 0 Å². The summed E-state index contributed by atoms with van der Waals surface area (Å²) in [6, 6.07) is 20.4. The molecule has 0 atom stereocenters. The summed E-state index contributed by atoms with van der Waals surface area (Å²) in [5.74, 6) is 5.50. The molecule has 0 aliphatic heterocycles. The number of nitrogens with zero attached hydrogens (tertiary/aromatic N) is 1. The third-order valence-corrected chi connectivity index (χ3v) is 4.31. The van der Waals surface area contributed by atoms with Crippen LogP contribution in [0.25, 0.3) is 11.1 Å². The van der Waals surface area contributed by atoms with Gasteiger partial charge in [0.1, 0.15) is 11.2 Å². The van der Waals surface area contributed by atoms with Gasteiger partial charge in [0.2, 0.25) is 0 Å². The minimum atomic E-state index is -0.331. The van der Waals surface area contributed by atoms with Crippen LogP contribution in [-0.2, 0) is 0 Å². The van der Waals surface area contributed by atoms with Crippen LogP contribution in [0.3, 0.4) is 0 Å². The Morgan fingerprint density at radius 1 is 0.840 bits per heavy atom. The van der Waals surface area contributed by atoms with Gasteiger partial charge in [-0.1, -0.05) is 47.7 Å². The highest BCUT2D eigenvalue weighted by Gasteiger charge is 2.03. The maximum absolute atomic E-state index is 14.3. The fraction of sp³-hybridized carbons (Fsp3) is 0.0455. The third kappa shape index (κ3) is 4.29. The summed E-state index contributed by atoms with van der Waals surface area (Å²) < 4.78 is 14.3. The van der Waals surface area contributed by atoms with Crippen molar-refractivity contribution < 1.29 is 4.39 Å². The molecule has 0 fully saturated rings. The van der Waals surface area contributed by atoms with Crippen LogP contribution >= 0.6 is 11.8 Å². The van der Waals surface area contributed by atoms with E-state index in [4.69, 9.17) is 5.26 Å². The number of halogens is 1. The Morgan fingerprint density at radius 2 is 1.52 bits per heavy atom. The van der Waals surface area contributed by atoms with Crippen LogP contribution in [0.1, 0.15) is 16.7 Å². The van der Waals surface area contributed by atoms with Crippen LogP contribution in [0.2, 0.25) is 0 Å². The Morgan fingerprint density at radius 3 is 2.16 bits per heavy atom. The van der Waals surface area contributed by atoms with Crippen LogP contribution in [0, 0.1) is 35.2 Å². The van der Waals surface area contributed by atoms with E-state index in [2.05, 4.69) is 11.8 Å². The molecule has 0 unspecified atom stereocenters. The molecule has 3 rings (SSSR count). The first kappa shape index (κ1) is 16.8. The second kappa shape index (κ2) is 7.71. The van der Waals surface area contributed by atoms with Crippen LogP contribution in [-0.4, -0.2) is 0 Å². The molecule has 0 aliphatic carbocycles. The molecule has 0 saturated heterocycles. The summed E-state index contributed by atoms with van der Waals surface area (Å²) in [6.07, 6.45) is 0. The Hall–Kier alpha value is -3.01. The SMILES string of the molecule is Cc1ccc(-c2ccc(C#Cc3ccc(SC#N)cc3)c(F)c2)cc1. The van der Waals surface area contributed by atoms with Crippen LogP contribution in [0.15, 0.2) is 71.6 Å². The normalized spacial score (nSPS) is 9.80. The molecule has 3 aromatic carbocycles. The van der Waals surface area contributed by atoms with Gasteiger partial charge in [0, 0.05) is 10.5 Å². The highest BCUT2D eigenvalue weighted by molar-refractivity contribution is 8.03. The molecule has 0 heterocycles. The lowest BCUT2D eigenvalue weighted by Crippen LogP contribution is -1.86. The van der Waals surface area contributed by atoms with Gasteiger partial charge >= 0.3 is 0 Å². The summed E-state index contributed by atoms with van der Waals surface area (Å²) >= 11 is 1.10. The predicted molar refractivity (Wildman–Crippen MR) is 100 cm³/mol. The zero-order valence-electron chi connectivity index (χ0n) is 13.6. The zero-order valence-corrected chi connectivity index (χ0v) is 14.4. The van der Waals surface area contributed by atoms with Crippen molar-refractivity contribution in [2.75, 3.05) is 0 Å². The molecular formula is C22H14FNS. The highest BCUT2D eigenvalue weighted by Crippen LogP contribution is 2.22. The molecule has 3 aromatic rings. The second-order valence-corrected chi connectivity index (χ2v) is 6.39. The molecule has 0 aliphatic rings.